The van der Waals surface area contributed by atoms with Crippen LogP contribution in [0.5, 0.6) is 0 Å². The van der Waals surface area contributed by atoms with E-state index >= 15 is 0 Å². The molecule has 10 heteroatoms. The number of β-amino-alcohol motifs (C(OH)–C–C–N with tert-alkyl or cyclic N) is 1. The largest absolute Gasteiger partial charge is 0.450 e. The van der Waals surface area contributed by atoms with Crippen molar-refractivity contribution in [2.75, 3.05) is 39.3 Å². The van der Waals surface area contributed by atoms with Crippen molar-refractivity contribution in [1.82, 2.24) is 19.4 Å². The number of hydrogen-bond acceptors (Lipinski definition) is 7. The summed E-state index contributed by atoms with van der Waals surface area (Å²) >= 11 is 0. The number of nitrogens with zero attached hydrogens (tertiary/aromatic N) is 5. The van der Waals surface area contributed by atoms with Gasteiger partial charge in [-0.15, -0.1) is 0 Å². The fourth-order valence-electron chi connectivity index (χ4n) is 2.72. The molecule has 10 nitrogen and oxygen atoms in total. The molecule has 0 saturated carbocycles. The SMILES string of the molecule is CCOC(=O)N1CCN(CC(O)Cn2c([N+](=O)[O-])cnc2C)CC1. The zero-order valence-corrected chi connectivity index (χ0v) is 13.9. The first-order valence-electron chi connectivity index (χ1n) is 7.91. The maximum absolute atomic E-state index is 11.6. The number of nitro groups is 1. The number of ether oxygens (including phenoxy) is 1. The van der Waals surface area contributed by atoms with Gasteiger partial charge in [-0.05, 0) is 11.8 Å². The van der Waals surface area contributed by atoms with Crippen LogP contribution in [-0.2, 0) is 11.3 Å². The highest BCUT2D eigenvalue weighted by atomic mass is 16.6. The fourth-order valence-corrected chi connectivity index (χ4v) is 2.72. The number of aryl methyl sites for hydroxylation is 1. The molecule has 1 aromatic rings. The fraction of sp³-hybridized carbons (Fsp3) is 0.714. The van der Waals surface area contributed by atoms with E-state index in [0.29, 0.717) is 45.2 Å². The van der Waals surface area contributed by atoms with Crippen molar-refractivity contribution in [3.05, 3.63) is 22.1 Å². The lowest BCUT2D eigenvalue weighted by atomic mass is 10.2. The monoisotopic (exact) mass is 341 g/mol. The second kappa shape index (κ2) is 8.06. The quantitative estimate of drug-likeness (QED) is 0.582. The van der Waals surface area contributed by atoms with Crippen molar-refractivity contribution in [1.29, 1.82) is 0 Å². The lowest BCUT2D eigenvalue weighted by Gasteiger charge is -2.34. The minimum absolute atomic E-state index is 0.111. The highest BCUT2D eigenvalue weighted by molar-refractivity contribution is 5.67. The molecule has 134 valence electrons. The summed E-state index contributed by atoms with van der Waals surface area (Å²) in [7, 11) is 0. The van der Waals surface area contributed by atoms with Gasteiger partial charge < -0.3 is 24.9 Å². The van der Waals surface area contributed by atoms with Gasteiger partial charge in [0.15, 0.2) is 5.82 Å². The molecule has 1 aliphatic heterocycles. The lowest BCUT2D eigenvalue weighted by Crippen LogP contribution is -2.50. The number of aromatic nitrogens is 2. The topological polar surface area (TPSA) is 114 Å². The van der Waals surface area contributed by atoms with E-state index in [1.807, 2.05) is 4.90 Å². The Labute approximate surface area is 139 Å². The smallest absolute Gasteiger partial charge is 0.409 e. The number of aliphatic hydroxyl groups is 1. The molecule has 1 amide bonds. The van der Waals surface area contributed by atoms with E-state index in [2.05, 4.69) is 4.98 Å². The summed E-state index contributed by atoms with van der Waals surface area (Å²) in [4.78, 5) is 29.7. The van der Waals surface area contributed by atoms with Crippen LogP contribution in [0, 0.1) is 17.0 Å². The van der Waals surface area contributed by atoms with E-state index in [4.69, 9.17) is 4.74 Å². The summed E-state index contributed by atoms with van der Waals surface area (Å²) in [6.07, 6.45) is 0.119. The van der Waals surface area contributed by atoms with Crippen molar-refractivity contribution in [2.24, 2.45) is 0 Å². The van der Waals surface area contributed by atoms with E-state index in [-0.39, 0.29) is 18.5 Å². The maximum atomic E-state index is 11.6. The summed E-state index contributed by atoms with van der Waals surface area (Å²) < 4.78 is 6.36. The van der Waals surface area contributed by atoms with Gasteiger partial charge in [0.25, 0.3) is 0 Å². The van der Waals surface area contributed by atoms with Crippen LogP contribution in [0.3, 0.4) is 0 Å². The highest BCUT2D eigenvalue weighted by Gasteiger charge is 2.25. The van der Waals surface area contributed by atoms with Gasteiger partial charge in [-0.2, -0.15) is 0 Å². The zero-order valence-electron chi connectivity index (χ0n) is 13.9. The van der Waals surface area contributed by atoms with Gasteiger partial charge in [0.1, 0.15) is 18.8 Å². The van der Waals surface area contributed by atoms with Crippen LogP contribution in [-0.4, -0.2) is 80.9 Å². The molecule has 1 aromatic heterocycles. The molecule has 24 heavy (non-hydrogen) atoms. The molecule has 1 N–H and O–H groups in total. The number of imidazole rings is 1. The lowest BCUT2D eigenvalue weighted by molar-refractivity contribution is -0.392. The Morgan fingerprint density at radius 3 is 2.67 bits per heavy atom. The number of aliphatic hydroxyl groups excluding tert-OH is 1. The molecule has 2 heterocycles. The molecule has 2 rings (SSSR count). The Morgan fingerprint density at radius 2 is 2.08 bits per heavy atom. The minimum atomic E-state index is -0.759. The Hall–Kier alpha value is -2.20. The number of carbonyl (C=O) groups is 1. The summed E-state index contributed by atoms with van der Waals surface area (Å²) in [5.74, 6) is 0.367. The Morgan fingerprint density at radius 1 is 1.42 bits per heavy atom. The van der Waals surface area contributed by atoms with Crippen LogP contribution < -0.4 is 0 Å². The van der Waals surface area contributed by atoms with Crippen molar-refractivity contribution < 1.29 is 19.6 Å². The second-order valence-corrected chi connectivity index (χ2v) is 5.67. The summed E-state index contributed by atoms with van der Waals surface area (Å²) in [6.45, 7) is 6.60. The Bertz CT molecular complexity index is 582. The van der Waals surface area contributed by atoms with E-state index < -0.39 is 11.0 Å². The molecule has 0 aliphatic carbocycles. The van der Waals surface area contributed by atoms with Gasteiger partial charge in [-0.25, -0.2) is 14.3 Å². The predicted octanol–water partition coefficient (Wildman–Crippen LogP) is 0.235. The number of hydrogen-bond donors (Lipinski definition) is 1. The highest BCUT2D eigenvalue weighted by Crippen LogP contribution is 2.15. The zero-order chi connectivity index (χ0) is 17.7. The van der Waals surface area contributed by atoms with Gasteiger partial charge in [-0.3, -0.25) is 4.90 Å². The number of rotatable bonds is 6. The van der Waals surface area contributed by atoms with E-state index in [0.717, 1.165) is 0 Å². The average Bonchev–Trinajstić information content (AvgIpc) is 2.89. The molecule has 0 spiro atoms. The van der Waals surface area contributed by atoms with Crippen LogP contribution in [0.1, 0.15) is 12.7 Å². The third-order valence-corrected chi connectivity index (χ3v) is 3.98. The van der Waals surface area contributed by atoms with Gasteiger partial charge in [0.05, 0.1) is 6.61 Å². The molecule has 1 unspecified atom stereocenters. The first kappa shape index (κ1) is 18.1. The van der Waals surface area contributed by atoms with Crippen molar-refractivity contribution >= 4 is 11.9 Å². The molecular formula is C14H23N5O5. The van der Waals surface area contributed by atoms with Gasteiger partial charge in [0, 0.05) is 39.6 Å². The normalized spacial score (nSPS) is 16.9. The van der Waals surface area contributed by atoms with Crippen LogP contribution in [0.15, 0.2) is 6.20 Å². The van der Waals surface area contributed by atoms with Crippen molar-refractivity contribution in [2.45, 2.75) is 26.5 Å². The standard InChI is InChI=1S/C14H23N5O5/c1-3-24-14(21)17-6-4-16(5-7-17)9-12(20)10-18-11(2)15-8-13(18)19(22)23/h8,12,20H,3-7,9-10H2,1-2H3. The number of piperazine rings is 1. The van der Waals surface area contributed by atoms with E-state index in [1.54, 1.807) is 18.7 Å². The Balaban J connectivity index is 1.84. The van der Waals surface area contributed by atoms with Gasteiger partial charge in [-0.1, -0.05) is 0 Å². The van der Waals surface area contributed by atoms with E-state index in [9.17, 15) is 20.0 Å². The number of carbonyl (C=O) groups excluding carboxylic acids is 1. The first-order chi connectivity index (χ1) is 11.4. The molecule has 0 bridgehead atoms. The Kier molecular flexibility index (Phi) is 6.10. The predicted molar refractivity (Wildman–Crippen MR) is 84.7 cm³/mol. The summed E-state index contributed by atoms with van der Waals surface area (Å²) in [5, 5.41) is 21.2. The molecule has 1 saturated heterocycles. The van der Waals surface area contributed by atoms with E-state index in [1.165, 1.54) is 10.8 Å². The maximum Gasteiger partial charge on any atom is 0.409 e. The second-order valence-electron chi connectivity index (χ2n) is 5.67. The molecule has 1 atom stereocenters. The van der Waals surface area contributed by atoms with Gasteiger partial charge >= 0.3 is 11.9 Å². The molecule has 1 aliphatic rings. The molecular weight excluding hydrogens is 318 g/mol. The van der Waals surface area contributed by atoms with Crippen LogP contribution in [0.25, 0.3) is 0 Å². The van der Waals surface area contributed by atoms with Crippen LogP contribution in [0.2, 0.25) is 0 Å². The average molecular weight is 341 g/mol. The number of amides is 1. The summed E-state index contributed by atoms with van der Waals surface area (Å²) in [5.41, 5.74) is 0. The first-order valence-corrected chi connectivity index (χ1v) is 7.91. The molecule has 0 radical (unpaired) electrons. The van der Waals surface area contributed by atoms with Crippen molar-refractivity contribution in [3.63, 3.8) is 0 Å². The summed E-state index contributed by atoms with van der Waals surface area (Å²) in [6, 6.07) is 0. The molecule has 0 aromatic carbocycles. The van der Waals surface area contributed by atoms with Crippen molar-refractivity contribution in [3.8, 4) is 0 Å². The third kappa shape index (κ3) is 4.42. The minimum Gasteiger partial charge on any atom is -0.450 e. The molecule has 1 fully saturated rings. The third-order valence-electron chi connectivity index (χ3n) is 3.98. The van der Waals surface area contributed by atoms with Crippen LogP contribution >= 0.6 is 0 Å². The van der Waals surface area contributed by atoms with Crippen LogP contribution in [0.4, 0.5) is 10.6 Å². The van der Waals surface area contributed by atoms with Gasteiger partial charge in [0.2, 0.25) is 0 Å².